The summed E-state index contributed by atoms with van der Waals surface area (Å²) in [4.78, 5) is 25.1. The third-order valence-electron chi connectivity index (χ3n) is 8.31. The molecule has 10 heteroatoms. The molecule has 0 aliphatic carbocycles. The van der Waals surface area contributed by atoms with Crippen LogP contribution >= 0.6 is 0 Å². The fourth-order valence-corrected chi connectivity index (χ4v) is 5.27. The molecule has 1 rings (SSSR count). The third kappa shape index (κ3) is 21.7. The molecule has 1 saturated heterocycles. The molecule has 0 radical (unpaired) electrons. The van der Waals surface area contributed by atoms with Crippen molar-refractivity contribution < 1.29 is 49.0 Å². The number of carbonyl (C=O) groups is 2. The van der Waals surface area contributed by atoms with E-state index >= 15 is 0 Å². The number of aliphatic hydroxyl groups is 4. The van der Waals surface area contributed by atoms with Crippen LogP contribution in [-0.4, -0.2) is 89.0 Å². The maximum absolute atomic E-state index is 12.6. The lowest BCUT2D eigenvalue weighted by Crippen LogP contribution is -2.59. The fraction of sp³-hybridized carbons (Fsp3) is 0.838. The van der Waals surface area contributed by atoms with E-state index in [0.717, 1.165) is 77.0 Å². The van der Waals surface area contributed by atoms with E-state index in [1.165, 1.54) is 25.7 Å². The average Bonchev–Trinajstić information content (AvgIpc) is 3.06. The number of allylic oxidation sites excluding steroid dienone is 4. The van der Waals surface area contributed by atoms with Crippen molar-refractivity contribution >= 4 is 11.9 Å². The zero-order chi connectivity index (χ0) is 34.5. The van der Waals surface area contributed by atoms with Gasteiger partial charge in [0.25, 0.3) is 0 Å². The Bertz CT molecular complexity index is 830. The van der Waals surface area contributed by atoms with Gasteiger partial charge < -0.3 is 39.4 Å². The first-order chi connectivity index (χ1) is 22.8. The lowest BCUT2D eigenvalue weighted by atomic mass is 9.99. The minimum absolute atomic E-state index is 0.218. The summed E-state index contributed by atoms with van der Waals surface area (Å²) in [6.07, 6.45) is 20.5. The predicted octanol–water partition coefficient (Wildman–Crippen LogP) is 6.21. The smallest absolute Gasteiger partial charge is 0.306 e. The molecule has 6 atom stereocenters. The van der Waals surface area contributed by atoms with E-state index in [9.17, 15) is 30.0 Å². The second kappa shape index (κ2) is 29.1. The maximum Gasteiger partial charge on any atom is 0.306 e. The molecule has 0 aromatic heterocycles. The molecule has 0 aromatic carbocycles. The Morgan fingerprint density at radius 3 is 1.66 bits per heavy atom. The van der Waals surface area contributed by atoms with Crippen molar-refractivity contribution in [2.75, 3.05) is 19.8 Å². The Morgan fingerprint density at radius 1 is 0.638 bits per heavy atom. The van der Waals surface area contributed by atoms with Crippen molar-refractivity contribution in [1.82, 2.24) is 0 Å². The molecule has 47 heavy (non-hydrogen) atoms. The van der Waals surface area contributed by atoms with Gasteiger partial charge >= 0.3 is 11.9 Å². The van der Waals surface area contributed by atoms with E-state index < -0.39 is 55.4 Å². The Balaban J connectivity index is 2.44. The zero-order valence-corrected chi connectivity index (χ0v) is 29.3. The first-order valence-corrected chi connectivity index (χ1v) is 18.4. The van der Waals surface area contributed by atoms with E-state index in [0.29, 0.717) is 12.8 Å². The molecule has 10 nitrogen and oxygen atoms in total. The van der Waals surface area contributed by atoms with Crippen molar-refractivity contribution in [1.29, 1.82) is 0 Å². The van der Waals surface area contributed by atoms with Gasteiger partial charge in [-0.25, -0.2) is 0 Å². The Labute approximate surface area is 283 Å². The summed E-state index contributed by atoms with van der Waals surface area (Å²) in [5, 5.41) is 39.8. The van der Waals surface area contributed by atoms with Crippen LogP contribution in [0.15, 0.2) is 24.3 Å². The second-order valence-electron chi connectivity index (χ2n) is 12.7. The summed E-state index contributed by atoms with van der Waals surface area (Å²) in [6.45, 7) is 3.29. The molecular weight excluding hydrogens is 604 g/mol. The van der Waals surface area contributed by atoms with Crippen LogP contribution < -0.4 is 0 Å². The minimum Gasteiger partial charge on any atom is -0.462 e. The molecule has 2 unspecified atom stereocenters. The van der Waals surface area contributed by atoms with E-state index in [4.69, 9.17) is 18.9 Å². The Morgan fingerprint density at radius 2 is 1.13 bits per heavy atom. The molecule has 0 saturated carbocycles. The highest BCUT2D eigenvalue weighted by Gasteiger charge is 2.44. The number of carbonyl (C=O) groups excluding carboxylic acids is 2. The third-order valence-corrected chi connectivity index (χ3v) is 8.31. The zero-order valence-electron chi connectivity index (χ0n) is 29.3. The monoisotopic (exact) mass is 670 g/mol. The molecule has 1 aliphatic heterocycles. The van der Waals surface area contributed by atoms with E-state index in [2.05, 4.69) is 38.2 Å². The number of esters is 2. The van der Waals surface area contributed by atoms with Crippen molar-refractivity contribution in [3.05, 3.63) is 24.3 Å². The molecule has 0 spiro atoms. The van der Waals surface area contributed by atoms with E-state index in [1.54, 1.807) is 0 Å². The van der Waals surface area contributed by atoms with Crippen LogP contribution in [-0.2, 0) is 28.5 Å². The van der Waals surface area contributed by atoms with Crippen LogP contribution in [0, 0.1) is 0 Å². The van der Waals surface area contributed by atoms with Crippen LogP contribution in [0.3, 0.4) is 0 Å². The maximum atomic E-state index is 12.6. The van der Waals surface area contributed by atoms with E-state index in [1.807, 2.05) is 0 Å². The van der Waals surface area contributed by atoms with Gasteiger partial charge in [-0.05, 0) is 51.4 Å². The summed E-state index contributed by atoms with van der Waals surface area (Å²) in [5.41, 5.74) is 0. The van der Waals surface area contributed by atoms with Gasteiger partial charge in [0.15, 0.2) is 12.4 Å². The Hall–Kier alpha value is -1.82. The van der Waals surface area contributed by atoms with Gasteiger partial charge in [-0.1, -0.05) is 102 Å². The summed E-state index contributed by atoms with van der Waals surface area (Å²) in [5.74, 6) is -0.833. The first-order valence-electron chi connectivity index (χ1n) is 18.4. The highest BCUT2D eigenvalue weighted by molar-refractivity contribution is 5.70. The minimum atomic E-state index is -1.59. The molecule has 1 aliphatic rings. The highest BCUT2D eigenvalue weighted by atomic mass is 16.7. The van der Waals surface area contributed by atoms with Gasteiger partial charge in [0, 0.05) is 12.8 Å². The van der Waals surface area contributed by atoms with Crippen LogP contribution in [0.1, 0.15) is 142 Å². The van der Waals surface area contributed by atoms with Crippen LogP contribution in [0.5, 0.6) is 0 Å². The standard InChI is InChI=1S/C37H66O10/c1-3-5-7-9-11-13-15-17-19-21-23-25-32(39)44-28-30(29-45-37-36(43)35(42)34(41)31(27-38)47-37)46-33(40)26-24-22-20-18-16-14-12-10-8-6-4-2/h9-12,30-31,34-38,41-43H,3-8,13-29H2,1-2H3/b11-9+,12-10+/t30-,31-,34+,35?,36?,37-/m1/s1. The van der Waals surface area contributed by atoms with Gasteiger partial charge in [-0.15, -0.1) is 0 Å². The SMILES string of the molecule is CCCC/C=C/CCCCCCCC(=O)OC[C@H](CO[C@@H]1O[C@H](CO)[C@H](O)C(O)C1O)OC(=O)CCCCCCC/C=C/CCCC. The summed E-state index contributed by atoms with van der Waals surface area (Å²) in [6, 6.07) is 0. The van der Waals surface area contributed by atoms with Gasteiger partial charge in [0.2, 0.25) is 0 Å². The molecule has 1 heterocycles. The number of hydrogen-bond donors (Lipinski definition) is 4. The van der Waals surface area contributed by atoms with Crippen LogP contribution in [0.25, 0.3) is 0 Å². The molecule has 1 fully saturated rings. The first kappa shape index (κ1) is 43.2. The molecular formula is C37H66O10. The molecule has 274 valence electrons. The quantitative estimate of drug-likeness (QED) is 0.0411. The topological polar surface area (TPSA) is 152 Å². The Kier molecular flexibility index (Phi) is 26.8. The number of rotatable bonds is 29. The fourth-order valence-electron chi connectivity index (χ4n) is 5.27. The summed E-state index contributed by atoms with van der Waals surface area (Å²) in [7, 11) is 0. The lowest BCUT2D eigenvalue weighted by molar-refractivity contribution is -0.305. The second-order valence-corrected chi connectivity index (χ2v) is 12.7. The average molecular weight is 671 g/mol. The number of unbranched alkanes of at least 4 members (excludes halogenated alkanes) is 14. The normalized spacial score (nSPS) is 22.2. The number of aliphatic hydroxyl groups excluding tert-OH is 4. The molecule has 0 aromatic rings. The van der Waals surface area contributed by atoms with Gasteiger partial charge in [-0.2, -0.15) is 0 Å². The van der Waals surface area contributed by atoms with Crippen LogP contribution in [0.4, 0.5) is 0 Å². The summed E-state index contributed by atoms with van der Waals surface area (Å²) >= 11 is 0. The largest absolute Gasteiger partial charge is 0.462 e. The van der Waals surface area contributed by atoms with Gasteiger partial charge in [0.1, 0.15) is 31.0 Å². The van der Waals surface area contributed by atoms with Crippen molar-refractivity contribution in [3.8, 4) is 0 Å². The summed E-state index contributed by atoms with van der Waals surface area (Å²) < 4.78 is 22.0. The lowest BCUT2D eigenvalue weighted by Gasteiger charge is -2.39. The molecule has 0 bridgehead atoms. The van der Waals surface area contributed by atoms with Crippen molar-refractivity contribution in [2.45, 2.75) is 179 Å². The van der Waals surface area contributed by atoms with Crippen LogP contribution in [0.2, 0.25) is 0 Å². The van der Waals surface area contributed by atoms with E-state index in [-0.39, 0.29) is 26.1 Å². The molecule has 4 N–H and O–H groups in total. The van der Waals surface area contributed by atoms with Crippen molar-refractivity contribution in [2.24, 2.45) is 0 Å². The highest BCUT2D eigenvalue weighted by Crippen LogP contribution is 2.22. The predicted molar refractivity (Wildman–Crippen MR) is 183 cm³/mol. The van der Waals surface area contributed by atoms with Gasteiger partial charge in [0.05, 0.1) is 13.2 Å². The number of ether oxygens (including phenoxy) is 4. The van der Waals surface area contributed by atoms with Crippen molar-refractivity contribution in [3.63, 3.8) is 0 Å². The number of hydrogen-bond acceptors (Lipinski definition) is 10. The van der Waals surface area contributed by atoms with Gasteiger partial charge in [-0.3, -0.25) is 9.59 Å². The molecule has 0 amide bonds.